The van der Waals surface area contributed by atoms with Crippen LogP contribution in [0.4, 0.5) is 5.82 Å². The first-order chi connectivity index (χ1) is 12.7. The summed E-state index contributed by atoms with van der Waals surface area (Å²) in [6, 6.07) is 0.217. The number of fused-ring (bicyclic) bond motifs is 1. The average molecular weight is 360 g/mol. The second-order valence-electron chi connectivity index (χ2n) is 6.89. The van der Waals surface area contributed by atoms with Gasteiger partial charge in [-0.05, 0) is 12.8 Å². The fraction of sp³-hybridized carbons (Fsp3) is 0.647. The number of carbonyl (C=O) groups is 1. The molecule has 0 atom stereocenters. The van der Waals surface area contributed by atoms with E-state index in [1.807, 2.05) is 0 Å². The molecule has 0 aromatic carbocycles. The number of nitrogens with one attached hydrogen (secondary N) is 1. The third-order valence-electron chi connectivity index (χ3n) is 5.06. The zero-order valence-corrected chi connectivity index (χ0v) is 14.8. The second-order valence-corrected chi connectivity index (χ2v) is 6.89. The molecule has 9 nitrogen and oxygen atoms in total. The number of hydrogen-bond donors (Lipinski definition) is 1. The van der Waals surface area contributed by atoms with Gasteiger partial charge >= 0.3 is 5.69 Å². The van der Waals surface area contributed by atoms with Crippen molar-refractivity contribution in [2.24, 2.45) is 0 Å². The number of morpholine rings is 1. The Bertz CT molecular complexity index is 833. The van der Waals surface area contributed by atoms with Crippen LogP contribution in [0.25, 0.3) is 5.65 Å². The summed E-state index contributed by atoms with van der Waals surface area (Å²) >= 11 is 0. The number of carbonyl (C=O) groups excluding carboxylic acids is 1. The third-order valence-corrected chi connectivity index (χ3v) is 5.06. The molecule has 1 saturated heterocycles. The average Bonchev–Trinajstić information content (AvgIpc) is 2.99. The lowest BCUT2D eigenvalue weighted by atomic mass is 9.95. The normalized spacial score (nSPS) is 19.0. The highest BCUT2D eigenvalue weighted by atomic mass is 16.5. The van der Waals surface area contributed by atoms with E-state index in [-0.39, 0.29) is 24.2 Å². The van der Waals surface area contributed by atoms with Crippen LogP contribution in [0.2, 0.25) is 0 Å². The van der Waals surface area contributed by atoms with Crippen molar-refractivity contribution in [2.75, 3.05) is 31.2 Å². The first-order valence-electron chi connectivity index (χ1n) is 9.28. The smallest absolute Gasteiger partial charge is 0.350 e. The first-order valence-corrected chi connectivity index (χ1v) is 9.28. The molecule has 2 fully saturated rings. The summed E-state index contributed by atoms with van der Waals surface area (Å²) in [4.78, 5) is 31.4. The molecule has 0 spiro atoms. The minimum absolute atomic E-state index is 0.0699. The third kappa shape index (κ3) is 3.44. The van der Waals surface area contributed by atoms with Crippen LogP contribution in [0.1, 0.15) is 32.1 Å². The minimum Gasteiger partial charge on any atom is -0.378 e. The van der Waals surface area contributed by atoms with Gasteiger partial charge in [0.1, 0.15) is 6.54 Å². The fourth-order valence-corrected chi connectivity index (χ4v) is 3.69. The van der Waals surface area contributed by atoms with Crippen molar-refractivity contribution in [2.45, 2.75) is 44.7 Å². The minimum atomic E-state index is -0.323. The Hall–Kier alpha value is -2.42. The van der Waals surface area contributed by atoms with Gasteiger partial charge in [-0.1, -0.05) is 19.3 Å². The summed E-state index contributed by atoms with van der Waals surface area (Å²) < 4.78 is 8.04. The van der Waals surface area contributed by atoms with E-state index in [0.29, 0.717) is 37.8 Å². The number of aromatic nitrogens is 4. The van der Waals surface area contributed by atoms with E-state index >= 15 is 0 Å². The van der Waals surface area contributed by atoms with Crippen molar-refractivity contribution in [3.63, 3.8) is 0 Å². The summed E-state index contributed by atoms with van der Waals surface area (Å²) in [7, 11) is 0. The van der Waals surface area contributed by atoms with Gasteiger partial charge in [0.25, 0.3) is 0 Å². The summed E-state index contributed by atoms with van der Waals surface area (Å²) in [5.41, 5.74) is 0.153. The van der Waals surface area contributed by atoms with E-state index in [0.717, 1.165) is 25.7 Å². The molecule has 2 aromatic rings. The predicted molar refractivity (Wildman–Crippen MR) is 95.3 cm³/mol. The van der Waals surface area contributed by atoms with Crippen molar-refractivity contribution in [1.82, 2.24) is 24.5 Å². The lowest BCUT2D eigenvalue weighted by Crippen LogP contribution is -2.40. The lowest BCUT2D eigenvalue weighted by Gasteiger charge is -2.27. The Morgan fingerprint density at radius 2 is 2.00 bits per heavy atom. The van der Waals surface area contributed by atoms with E-state index in [1.54, 1.807) is 12.4 Å². The Kier molecular flexibility index (Phi) is 4.87. The summed E-state index contributed by atoms with van der Waals surface area (Å²) in [5, 5.41) is 7.41. The number of anilines is 1. The molecule has 1 N–H and O–H groups in total. The zero-order valence-electron chi connectivity index (χ0n) is 14.8. The van der Waals surface area contributed by atoms with Crippen LogP contribution in [0.5, 0.6) is 0 Å². The molecule has 26 heavy (non-hydrogen) atoms. The van der Waals surface area contributed by atoms with Gasteiger partial charge in [0.2, 0.25) is 11.6 Å². The molecule has 1 amide bonds. The number of rotatable bonds is 4. The number of hydrogen-bond acceptors (Lipinski definition) is 6. The van der Waals surface area contributed by atoms with Crippen LogP contribution in [0.15, 0.2) is 17.2 Å². The number of nitrogens with zero attached hydrogens (tertiary/aromatic N) is 5. The van der Waals surface area contributed by atoms with Crippen LogP contribution in [-0.2, 0) is 16.1 Å². The van der Waals surface area contributed by atoms with Crippen LogP contribution in [0, 0.1) is 0 Å². The molecular weight excluding hydrogens is 336 g/mol. The molecule has 0 unspecified atom stereocenters. The van der Waals surface area contributed by atoms with E-state index in [9.17, 15) is 9.59 Å². The van der Waals surface area contributed by atoms with Crippen molar-refractivity contribution in [3.05, 3.63) is 22.9 Å². The van der Waals surface area contributed by atoms with Crippen molar-refractivity contribution in [3.8, 4) is 0 Å². The van der Waals surface area contributed by atoms with E-state index in [4.69, 9.17) is 4.74 Å². The number of ether oxygens (including phenoxy) is 1. The Balaban J connectivity index is 1.55. The van der Waals surface area contributed by atoms with Gasteiger partial charge in [0, 0.05) is 31.5 Å². The second kappa shape index (κ2) is 7.45. The van der Waals surface area contributed by atoms with Crippen molar-refractivity contribution < 1.29 is 9.53 Å². The topological polar surface area (TPSA) is 93.8 Å². The summed E-state index contributed by atoms with van der Waals surface area (Å²) in [6.45, 7) is 2.58. The lowest BCUT2D eigenvalue weighted by molar-refractivity contribution is -0.122. The van der Waals surface area contributed by atoms with Crippen LogP contribution in [0.3, 0.4) is 0 Å². The molecule has 1 aliphatic heterocycles. The Morgan fingerprint density at radius 1 is 1.23 bits per heavy atom. The van der Waals surface area contributed by atoms with Gasteiger partial charge in [-0.3, -0.25) is 4.79 Å². The van der Waals surface area contributed by atoms with Gasteiger partial charge in [0.15, 0.2) is 5.82 Å². The molecule has 0 bridgehead atoms. The quantitative estimate of drug-likeness (QED) is 0.836. The highest BCUT2D eigenvalue weighted by Gasteiger charge is 2.21. The van der Waals surface area contributed by atoms with Crippen LogP contribution in [-0.4, -0.2) is 57.4 Å². The summed E-state index contributed by atoms with van der Waals surface area (Å²) in [5.74, 6) is 0.489. The van der Waals surface area contributed by atoms with Gasteiger partial charge in [-0.15, -0.1) is 5.10 Å². The maximum atomic E-state index is 12.6. The monoisotopic (exact) mass is 360 g/mol. The van der Waals surface area contributed by atoms with Gasteiger partial charge in [-0.2, -0.15) is 0 Å². The molecule has 2 aromatic heterocycles. The predicted octanol–water partition coefficient (Wildman–Crippen LogP) is 0.177. The molecule has 4 rings (SSSR count). The van der Waals surface area contributed by atoms with E-state index in [2.05, 4.69) is 20.3 Å². The van der Waals surface area contributed by atoms with Crippen molar-refractivity contribution >= 4 is 17.4 Å². The highest BCUT2D eigenvalue weighted by Crippen LogP contribution is 2.18. The molecule has 3 heterocycles. The van der Waals surface area contributed by atoms with Crippen molar-refractivity contribution in [1.29, 1.82) is 0 Å². The van der Waals surface area contributed by atoms with Crippen LogP contribution < -0.4 is 15.9 Å². The van der Waals surface area contributed by atoms with E-state index in [1.165, 1.54) is 15.5 Å². The zero-order chi connectivity index (χ0) is 17.9. The largest absolute Gasteiger partial charge is 0.378 e. The maximum absolute atomic E-state index is 12.6. The molecule has 2 aliphatic rings. The Labute approximate surface area is 151 Å². The number of amides is 1. The molecule has 1 aliphatic carbocycles. The Morgan fingerprint density at radius 3 is 2.77 bits per heavy atom. The van der Waals surface area contributed by atoms with Gasteiger partial charge < -0.3 is 15.0 Å². The van der Waals surface area contributed by atoms with Gasteiger partial charge in [-0.25, -0.2) is 18.9 Å². The fourth-order valence-electron chi connectivity index (χ4n) is 3.69. The van der Waals surface area contributed by atoms with E-state index < -0.39 is 0 Å². The molecule has 9 heteroatoms. The van der Waals surface area contributed by atoms with Gasteiger partial charge in [0.05, 0.1) is 13.2 Å². The SMILES string of the molecule is O=C(Cn1nc2c(N3CCOCC3)nccn2c1=O)NC1CCCCC1. The highest BCUT2D eigenvalue weighted by molar-refractivity contribution is 5.76. The molecule has 1 saturated carbocycles. The first kappa shape index (κ1) is 17.0. The summed E-state index contributed by atoms with van der Waals surface area (Å²) in [6.07, 6.45) is 8.72. The van der Waals surface area contributed by atoms with Crippen LogP contribution >= 0.6 is 0 Å². The molecule has 0 radical (unpaired) electrons. The molecule has 140 valence electrons. The standard InChI is InChI=1S/C17H24N6O3/c24-14(19-13-4-2-1-3-5-13)12-23-17(25)22-7-6-18-15(16(22)20-23)21-8-10-26-11-9-21/h6-7,13H,1-5,8-12H2,(H,19,24). The molecular formula is C17H24N6O3. The maximum Gasteiger partial charge on any atom is 0.350 e.